The number of nitrogens with one attached hydrogen (secondary N) is 1. The predicted octanol–water partition coefficient (Wildman–Crippen LogP) is 6.66. The lowest BCUT2D eigenvalue weighted by molar-refractivity contribution is -0.00308. The lowest BCUT2D eigenvalue weighted by Crippen LogP contribution is -2.52. The highest BCUT2D eigenvalue weighted by Gasteiger charge is 2.47. The van der Waals surface area contributed by atoms with Crippen LogP contribution < -0.4 is 14.4 Å². The zero-order valence-corrected chi connectivity index (χ0v) is 30.8. The molecule has 2 aromatic carbocycles. The number of ether oxygens (including phenoxy) is 1. The van der Waals surface area contributed by atoms with E-state index in [-0.39, 0.29) is 22.8 Å². The van der Waals surface area contributed by atoms with E-state index < -0.39 is 36.8 Å². The highest BCUT2D eigenvalue weighted by Crippen LogP contribution is 2.48. The van der Waals surface area contributed by atoms with Crippen molar-refractivity contribution < 1.29 is 23.1 Å². The number of carbonyl (C=O) groups is 1. The minimum absolute atomic E-state index is 0.0526. The maximum Gasteiger partial charge on any atom is 0.264 e. The van der Waals surface area contributed by atoms with Crippen LogP contribution >= 0.6 is 21.6 Å². The van der Waals surface area contributed by atoms with Crippen molar-refractivity contribution in [1.29, 1.82) is 0 Å². The van der Waals surface area contributed by atoms with Crippen LogP contribution in [0.5, 0.6) is 5.75 Å². The molecule has 1 saturated carbocycles. The van der Waals surface area contributed by atoms with Crippen LogP contribution in [0.2, 0.25) is 5.02 Å². The Hall–Kier alpha value is -2.64. The Morgan fingerprint density at radius 3 is 2.64 bits per heavy atom. The highest BCUT2D eigenvalue weighted by atomic mass is 35.5. The van der Waals surface area contributed by atoms with Gasteiger partial charge >= 0.3 is 0 Å². The minimum atomic E-state index is -3.81. The first-order valence-corrected chi connectivity index (χ1v) is 21.3. The van der Waals surface area contributed by atoms with E-state index in [0.717, 1.165) is 49.2 Å². The van der Waals surface area contributed by atoms with Gasteiger partial charge in [0.25, 0.3) is 5.91 Å². The SMILES string of the molecule is CC/C=C/C(O)(C#CS(C)(C)C)[C@@H]1CC[C@H]1CN1C[C@@]2(CCCc3cc(Cl)ccc32)COc2ccc(C(=O)NS(=O)(=O)C(C)C)cc21. The molecule has 1 aliphatic heterocycles. The van der Waals surface area contributed by atoms with Gasteiger partial charge in [0.1, 0.15) is 11.4 Å². The van der Waals surface area contributed by atoms with Gasteiger partial charge in [-0.15, -0.1) is 0 Å². The number of carbonyl (C=O) groups excluding carboxylic acids is 1. The van der Waals surface area contributed by atoms with Crippen LogP contribution in [0.4, 0.5) is 5.69 Å². The molecule has 2 aliphatic carbocycles. The van der Waals surface area contributed by atoms with Crippen LogP contribution in [0, 0.1) is 23.0 Å². The van der Waals surface area contributed by atoms with Crippen LogP contribution in [-0.2, 0) is 21.9 Å². The molecule has 0 saturated heterocycles. The Balaban J connectivity index is 1.55. The summed E-state index contributed by atoms with van der Waals surface area (Å²) in [6, 6.07) is 11.3. The molecule has 7 nitrogen and oxygen atoms in total. The average Bonchev–Trinajstić information content (AvgIpc) is 3.13. The third kappa shape index (κ3) is 7.83. The zero-order valence-electron chi connectivity index (χ0n) is 28.4. The van der Waals surface area contributed by atoms with Gasteiger partial charge in [-0.2, -0.15) is 10.0 Å². The van der Waals surface area contributed by atoms with Crippen molar-refractivity contribution in [2.24, 2.45) is 11.8 Å². The molecule has 47 heavy (non-hydrogen) atoms. The number of hydrogen-bond donors (Lipinski definition) is 2. The van der Waals surface area contributed by atoms with Crippen molar-refractivity contribution in [3.8, 4) is 16.9 Å². The summed E-state index contributed by atoms with van der Waals surface area (Å²) in [4.78, 5) is 15.6. The molecule has 4 atom stereocenters. The van der Waals surface area contributed by atoms with E-state index in [4.69, 9.17) is 16.3 Å². The molecule has 3 aliphatic rings. The summed E-state index contributed by atoms with van der Waals surface area (Å²) in [6.45, 7) is 6.88. The quantitative estimate of drug-likeness (QED) is 0.236. The van der Waals surface area contributed by atoms with Gasteiger partial charge < -0.3 is 14.7 Å². The molecule has 0 bridgehead atoms. The van der Waals surface area contributed by atoms with Crippen molar-refractivity contribution in [2.75, 3.05) is 43.4 Å². The van der Waals surface area contributed by atoms with E-state index in [1.165, 1.54) is 25.0 Å². The largest absolute Gasteiger partial charge is 0.490 e. The van der Waals surface area contributed by atoms with Crippen molar-refractivity contribution in [3.63, 3.8) is 0 Å². The second kappa shape index (κ2) is 13.7. The van der Waals surface area contributed by atoms with Crippen LogP contribution in [0.1, 0.15) is 74.4 Å². The topological polar surface area (TPSA) is 95.9 Å². The van der Waals surface area contributed by atoms with Gasteiger partial charge in [0.05, 0.1) is 17.5 Å². The first-order chi connectivity index (χ1) is 22.1. The number of rotatable bonds is 8. The van der Waals surface area contributed by atoms with E-state index in [9.17, 15) is 18.3 Å². The maximum atomic E-state index is 13.2. The number of aryl methyl sites for hydroxylation is 1. The number of aliphatic hydroxyl groups is 1. The van der Waals surface area contributed by atoms with Gasteiger partial charge in [0.2, 0.25) is 10.0 Å². The fourth-order valence-corrected chi connectivity index (χ4v) is 8.28. The van der Waals surface area contributed by atoms with Gasteiger partial charge in [0, 0.05) is 35.0 Å². The number of nitrogens with zero attached hydrogens (tertiary/aromatic N) is 1. The molecular weight excluding hydrogens is 652 g/mol. The van der Waals surface area contributed by atoms with E-state index in [1.807, 2.05) is 18.2 Å². The van der Waals surface area contributed by atoms with Crippen LogP contribution in [0.25, 0.3) is 0 Å². The third-order valence-electron chi connectivity index (χ3n) is 9.76. The normalized spacial score (nSPS) is 24.2. The molecule has 0 radical (unpaired) electrons. The van der Waals surface area contributed by atoms with E-state index >= 15 is 0 Å². The highest BCUT2D eigenvalue weighted by molar-refractivity contribution is 8.35. The van der Waals surface area contributed by atoms with Gasteiger partial charge in [0.15, 0.2) is 0 Å². The number of fused-ring (bicyclic) bond motifs is 3. The monoisotopic (exact) mass is 700 g/mol. The van der Waals surface area contributed by atoms with Gasteiger partial charge in [-0.05, 0) is 125 Å². The van der Waals surface area contributed by atoms with Gasteiger partial charge in [-0.1, -0.05) is 41.8 Å². The number of benzene rings is 2. The molecule has 256 valence electrons. The summed E-state index contributed by atoms with van der Waals surface area (Å²) >= 11 is 6.43. The van der Waals surface area contributed by atoms with E-state index in [1.54, 1.807) is 18.2 Å². The molecule has 0 aromatic heterocycles. The number of halogens is 1. The number of hydrogen-bond acceptors (Lipinski definition) is 6. The number of anilines is 1. The molecule has 1 amide bonds. The van der Waals surface area contributed by atoms with Crippen molar-refractivity contribution in [3.05, 3.63) is 70.3 Å². The molecule has 5 rings (SSSR count). The number of amides is 1. The average molecular weight is 701 g/mol. The summed E-state index contributed by atoms with van der Waals surface area (Å²) in [5.41, 5.74) is 1.92. The van der Waals surface area contributed by atoms with Crippen LogP contribution in [0.3, 0.4) is 0 Å². The summed E-state index contributed by atoms with van der Waals surface area (Å²) in [7, 11) is -4.95. The van der Waals surface area contributed by atoms with Gasteiger partial charge in [-0.25, -0.2) is 13.1 Å². The Labute approximate surface area is 287 Å². The summed E-state index contributed by atoms with van der Waals surface area (Å²) < 4.78 is 33.9. The predicted molar refractivity (Wildman–Crippen MR) is 195 cm³/mol. The first kappa shape index (κ1) is 35.7. The smallest absolute Gasteiger partial charge is 0.264 e. The van der Waals surface area contributed by atoms with Crippen molar-refractivity contribution >= 4 is 43.2 Å². The third-order valence-corrected chi connectivity index (χ3v) is 12.4. The number of sulfonamides is 1. The molecule has 10 heteroatoms. The lowest BCUT2D eigenvalue weighted by Gasteiger charge is -2.47. The Morgan fingerprint density at radius 1 is 1.21 bits per heavy atom. The Kier molecular flexibility index (Phi) is 10.4. The molecule has 1 heterocycles. The number of allylic oxidation sites excluding steroid dienone is 1. The van der Waals surface area contributed by atoms with Crippen molar-refractivity contribution in [1.82, 2.24) is 4.72 Å². The standard InChI is InChI=1S/C37H49ClN2O5S2/c1-7-8-18-37(42,19-20-46(4,5)6)32-14-11-29(32)23-40-24-36(17-9-10-27-21-30(38)13-15-31(27)36)25-45-34-16-12-28(22-33(34)40)35(41)39-47(43,44)26(2)3/h8,12-13,15-16,18,21-22,26,29,32,42H,7,9-11,14,17,23-25H2,1-6H3,(H,39,41)/b18-8+/t29-,32+,36-,37?/m0/s1. The van der Waals surface area contributed by atoms with Crippen LogP contribution in [0.15, 0.2) is 48.6 Å². The Bertz CT molecular complexity index is 1710. The fourth-order valence-electron chi connectivity index (χ4n) is 7.00. The van der Waals surface area contributed by atoms with E-state index in [0.29, 0.717) is 25.4 Å². The summed E-state index contributed by atoms with van der Waals surface area (Å²) in [5, 5.41) is 15.4. The van der Waals surface area contributed by atoms with Gasteiger partial charge in [-0.3, -0.25) is 4.79 Å². The summed E-state index contributed by atoms with van der Waals surface area (Å²) in [5.74, 6) is 3.36. The molecule has 1 fully saturated rings. The molecule has 1 unspecified atom stereocenters. The fraction of sp³-hybridized carbons (Fsp3) is 0.541. The summed E-state index contributed by atoms with van der Waals surface area (Å²) in [6.07, 6.45) is 15.8. The van der Waals surface area contributed by atoms with Crippen LogP contribution in [-0.4, -0.2) is 68.7 Å². The first-order valence-electron chi connectivity index (χ1n) is 16.5. The minimum Gasteiger partial charge on any atom is -0.490 e. The molecular formula is C37H49ClN2O5S2. The van der Waals surface area contributed by atoms with Crippen molar-refractivity contribution in [2.45, 2.75) is 75.6 Å². The second-order valence-corrected chi connectivity index (χ2v) is 21.0. The molecule has 2 aromatic rings. The van der Waals surface area contributed by atoms with E-state index in [2.05, 4.69) is 58.6 Å². The second-order valence-electron chi connectivity index (χ2n) is 14.5. The maximum absolute atomic E-state index is 13.2. The molecule has 1 spiro atoms. The molecule has 2 N–H and O–H groups in total. The lowest BCUT2D eigenvalue weighted by atomic mass is 9.64. The zero-order chi connectivity index (χ0) is 34.2. The Morgan fingerprint density at radius 2 is 1.98 bits per heavy atom.